The number of amides is 2. The second kappa shape index (κ2) is 8.03. The summed E-state index contributed by atoms with van der Waals surface area (Å²) in [5, 5.41) is 3.47. The number of unbranched alkanes of at least 4 members (excludes halogenated alkanes) is 1. The van der Waals surface area contributed by atoms with E-state index in [-0.39, 0.29) is 11.8 Å². The van der Waals surface area contributed by atoms with Gasteiger partial charge in [0.1, 0.15) is 0 Å². The Balaban J connectivity index is 1.38. The average molecular weight is 337 g/mol. The molecule has 0 radical (unpaired) electrons. The van der Waals surface area contributed by atoms with Gasteiger partial charge in [0.25, 0.3) is 11.8 Å². The lowest BCUT2D eigenvalue weighted by Gasteiger charge is -2.15. The van der Waals surface area contributed by atoms with Gasteiger partial charge in [-0.2, -0.15) is 0 Å². The van der Waals surface area contributed by atoms with Crippen LogP contribution in [0.1, 0.15) is 46.2 Å². The first-order valence-electron chi connectivity index (χ1n) is 8.75. The van der Waals surface area contributed by atoms with Crippen molar-refractivity contribution in [3.8, 4) is 0 Å². The molecular weight excluding hydrogens is 314 g/mol. The van der Waals surface area contributed by atoms with Gasteiger partial charge in [-0.3, -0.25) is 19.5 Å². The third-order valence-corrected chi connectivity index (χ3v) is 4.42. The molecule has 1 aliphatic heterocycles. The number of aromatic nitrogens is 1. The molecule has 0 bridgehead atoms. The summed E-state index contributed by atoms with van der Waals surface area (Å²) in [6.45, 7) is 3.47. The SMILES string of the molecule is CC(Cc1ccccn1)NCCCCN1C(=O)c2ccccc2C1=O. The van der Waals surface area contributed by atoms with Crippen LogP contribution < -0.4 is 5.32 Å². The number of carbonyl (C=O) groups excluding carboxylic acids is 2. The standard InChI is InChI=1S/C20H23N3O2/c1-15(14-16-8-4-5-12-22-16)21-11-6-7-13-23-19(24)17-9-2-3-10-18(17)20(23)25/h2-5,8-10,12,15,21H,6-7,11,13-14H2,1H3. The minimum absolute atomic E-state index is 0.169. The molecule has 25 heavy (non-hydrogen) atoms. The number of hydrogen-bond acceptors (Lipinski definition) is 4. The first-order valence-corrected chi connectivity index (χ1v) is 8.75. The predicted octanol–water partition coefficient (Wildman–Crippen LogP) is 2.68. The number of imide groups is 1. The van der Waals surface area contributed by atoms with Gasteiger partial charge in [-0.15, -0.1) is 0 Å². The fraction of sp³-hybridized carbons (Fsp3) is 0.350. The Morgan fingerprint density at radius 2 is 1.68 bits per heavy atom. The van der Waals surface area contributed by atoms with Crippen LogP contribution in [0.5, 0.6) is 0 Å². The molecule has 0 aliphatic carbocycles. The Kier molecular flexibility index (Phi) is 5.56. The van der Waals surface area contributed by atoms with Gasteiger partial charge in [0, 0.05) is 30.9 Å². The smallest absolute Gasteiger partial charge is 0.261 e. The van der Waals surface area contributed by atoms with Crippen molar-refractivity contribution < 1.29 is 9.59 Å². The number of nitrogens with one attached hydrogen (secondary N) is 1. The first-order chi connectivity index (χ1) is 12.2. The molecule has 1 aliphatic rings. The van der Waals surface area contributed by atoms with Crippen molar-refractivity contribution in [3.05, 3.63) is 65.5 Å². The molecule has 5 heteroatoms. The zero-order chi connectivity index (χ0) is 17.6. The summed E-state index contributed by atoms with van der Waals surface area (Å²) in [7, 11) is 0. The number of pyridine rings is 1. The molecule has 2 heterocycles. The molecule has 0 fully saturated rings. The quantitative estimate of drug-likeness (QED) is 0.594. The molecule has 2 amide bonds. The van der Waals surface area contributed by atoms with E-state index in [4.69, 9.17) is 0 Å². The number of nitrogens with zero attached hydrogens (tertiary/aromatic N) is 2. The Hall–Kier alpha value is -2.53. The molecule has 1 unspecified atom stereocenters. The summed E-state index contributed by atoms with van der Waals surface area (Å²) in [4.78, 5) is 30.2. The van der Waals surface area contributed by atoms with Gasteiger partial charge in [-0.25, -0.2) is 0 Å². The van der Waals surface area contributed by atoms with E-state index in [9.17, 15) is 9.59 Å². The third-order valence-electron chi connectivity index (χ3n) is 4.42. The van der Waals surface area contributed by atoms with E-state index >= 15 is 0 Å². The maximum atomic E-state index is 12.3. The predicted molar refractivity (Wildman–Crippen MR) is 96.4 cm³/mol. The average Bonchev–Trinajstić information content (AvgIpc) is 2.87. The highest BCUT2D eigenvalue weighted by Crippen LogP contribution is 2.22. The van der Waals surface area contributed by atoms with Crippen LogP contribution >= 0.6 is 0 Å². The van der Waals surface area contributed by atoms with E-state index in [0.29, 0.717) is 23.7 Å². The largest absolute Gasteiger partial charge is 0.314 e. The van der Waals surface area contributed by atoms with Gasteiger partial charge < -0.3 is 5.32 Å². The minimum Gasteiger partial charge on any atom is -0.314 e. The number of carbonyl (C=O) groups is 2. The molecular formula is C20H23N3O2. The molecule has 2 aromatic rings. The van der Waals surface area contributed by atoms with E-state index < -0.39 is 0 Å². The van der Waals surface area contributed by atoms with Gasteiger partial charge in [0.2, 0.25) is 0 Å². The zero-order valence-electron chi connectivity index (χ0n) is 14.4. The van der Waals surface area contributed by atoms with Crippen LogP contribution in [-0.4, -0.2) is 40.8 Å². The van der Waals surface area contributed by atoms with E-state index in [1.54, 1.807) is 24.3 Å². The molecule has 0 spiro atoms. The third kappa shape index (κ3) is 4.12. The van der Waals surface area contributed by atoms with Crippen LogP contribution in [-0.2, 0) is 6.42 Å². The van der Waals surface area contributed by atoms with Crippen molar-refractivity contribution in [2.75, 3.05) is 13.1 Å². The number of hydrogen-bond donors (Lipinski definition) is 1. The number of benzene rings is 1. The molecule has 1 N–H and O–H groups in total. The normalized spacial score (nSPS) is 14.7. The van der Waals surface area contributed by atoms with E-state index in [1.165, 1.54) is 4.90 Å². The van der Waals surface area contributed by atoms with E-state index in [2.05, 4.69) is 17.2 Å². The second-order valence-electron chi connectivity index (χ2n) is 6.40. The van der Waals surface area contributed by atoms with Gasteiger partial charge in [-0.05, 0) is 50.6 Å². The minimum atomic E-state index is -0.169. The molecule has 1 atom stereocenters. The Morgan fingerprint density at radius 1 is 1.00 bits per heavy atom. The van der Waals surface area contributed by atoms with Crippen molar-refractivity contribution in [1.82, 2.24) is 15.2 Å². The Morgan fingerprint density at radius 3 is 2.32 bits per heavy atom. The highest BCUT2D eigenvalue weighted by atomic mass is 16.2. The highest BCUT2D eigenvalue weighted by Gasteiger charge is 2.34. The Labute approximate surface area is 148 Å². The fourth-order valence-corrected chi connectivity index (χ4v) is 3.09. The molecule has 1 aromatic carbocycles. The summed E-state index contributed by atoms with van der Waals surface area (Å²) >= 11 is 0. The summed E-state index contributed by atoms with van der Waals surface area (Å²) in [6.07, 6.45) is 4.41. The summed E-state index contributed by atoms with van der Waals surface area (Å²) in [5.41, 5.74) is 2.12. The van der Waals surface area contributed by atoms with E-state index in [1.807, 2.05) is 24.4 Å². The van der Waals surface area contributed by atoms with E-state index in [0.717, 1.165) is 31.5 Å². The summed E-state index contributed by atoms with van der Waals surface area (Å²) < 4.78 is 0. The maximum Gasteiger partial charge on any atom is 0.261 e. The molecule has 0 saturated carbocycles. The van der Waals surface area contributed by atoms with Gasteiger partial charge in [-0.1, -0.05) is 18.2 Å². The van der Waals surface area contributed by atoms with Crippen LogP contribution in [0.2, 0.25) is 0 Å². The lowest BCUT2D eigenvalue weighted by atomic mass is 10.1. The van der Waals surface area contributed by atoms with Crippen LogP contribution in [0.15, 0.2) is 48.7 Å². The topological polar surface area (TPSA) is 62.3 Å². The second-order valence-corrected chi connectivity index (χ2v) is 6.40. The van der Waals surface area contributed by atoms with Gasteiger partial charge in [0.15, 0.2) is 0 Å². The Bertz CT molecular complexity index is 711. The maximum absolute atomic E-state index is 12.3. The van der Waals surface area contributed by atoms with Crippen molar-refractivity contribution in [3.63, 3.8) is 0 Å². The van der Waals surface area contributed by atoms with Crippen molar-refractivity contribution in [2.24, 2.45) is 0 Å². The van der Waals surface area contributed by atoms with Crippen molar-refractivity contribution in [2.45, 2.75) is 32.2 Å². The van der Waals surface area contributed by atoms with Crippen LogP contribution in [0.25, 0.3) is 0 Å². The lowest BCUT2D eigenvalue weighted by Crippen LogP contribution is -2.32. The van der Waals surface area contributed by atoms with Gasteiger partial charge in [0.05, 0.1) is 11.1 Å². The van der Waals surface area contributed by atoms with Crippen LogP contribution in [0.3, 0.4) is 0 Å². The lowest BCUT2D eigenvalue weighted by molar-refractivity contribution is 0.0651. The molecule has 130 valence electrons. The molecule has 1 aromatic heterocycles. The first kappa shape index (κ1) is 17.3. The number of fused-ring (bicyclic) bond motifs is 1. The highest BCUT2D eigenvalue weighted by molar-refractivity contribution is 6.21. The molecule has 3 rings (SSSR count). The van der Waals surface area contributed by atoms with Crippen molar-refractivity contribution >= 4 is 11.8 Å². The van der Waals surface area contributed by atoms with Gasteiger partial charge >= 0.3 is 0 Å². The molecule has 5 nitrogen and oxygen atoms in total. The van der Waals surface area contributed by atoms with Crippen LogP contribution in [0, 0.1) is 0 Å². The fourth-order valence-electron chi connectivity index (χ4n) is 3.09. The summed E-state index contributed by atoms with van der Waals surface area (Å²) in [6, 6.07) is 13.3. The number of rotatable bonds is 8. The monoisotopic (exact) mass is 337 g/mol. The molecule has 0 saturated heterocycles. The summed E-state index contributed by atoms with van der Waals surface area (Å²) in [5.74, 6) is -0.339. The van der Waals surface area contributed by atoms with Crippen molar-refractivity contribution in [1.29, 1.82) is 0 Å². The zero-order valence-corrected chi connectivity index (χ0v) is 14.4. The van der Waals surface area contributed by atoms with Crippen LogP contribution in [0.4, 0.5) is 0 Å².